The highest BCUT2D eigenvalue weighted by Gasteiger charge is 2.16. The highest BCUT2D eigenvalue weighted by Crippen LogP contribution is 2.33. The molecule has 0 fully saturated rings. The zero-order chi connectivity index (χ0) is 20.6. The largest absolute Gasteiger partial charge is 0.493 e. The quantitative estimate of drug-likeness (QED) is 0.570. The van der Waals surface area contributed by atoms with Crippen LogP contribution in [0, 0.1) is 0 Å². The number of rotatable bonds is 8. The average molecular weight is 388 g/mol. The number of amides is 1. The van der Waals surface area contributed by atoms with E-state index < -0.39 is 0 Å². The van der Waals surface area contributed by atoms with Crippen LogP contribution in [0.3, 0.4) is 0 Å². The molecule has 0 spiro atoms. The van der Waals surface area contributed by atoms with Crippen LogP contribution in [0.25, 0.3) is 0 Å². The number of anilines is 1. The van der Waals surface area contributed by atoms with Gasteiger partial charge in [0.25, 0.3) is 5.91 Å². The number of nitrogens with zero attached hydrogens (tertiary/aromatic N) is 1. The van der Waals surface area contributed by atoms with Gasteiger partial charge in [-0.2, -0.15) is 0 Å². The molecule has 0 bridgehead atoms. The van der Waals surface area contributed by atoms with E-state index in [1.165, 1.54) is 5.56 Å². The van der Waals surface area contributed by atoms with Gasteiger partial charge in [-0.25, -0.2) is 0 Å². The van der Waals surface area contributed by atoms with Crippen LogP contribution in [0.2, 0.25) is 0 Å². The average Bonchev–Trinajstić information content (AvgIpc) is 2.75. The molecule has 1 aromatic heterocycles. The predicted molar refractivity (Wildman–Crippen MR) is 115 cm³/mol. The molecule has 3 aromatic rings. The molecular weight excluding hydrogens is 364 g/mol. The minimum atomic E-state index is -0.210. The van der Waals surface area contributed by atoms with Crippen molar-refractivity contribution in [2.45, 2.75) is 12.8 Å². The fourth-order valence-electron chi connectivity index (χ4n) is 3.13. The Morgan fingerprint density at radius 3 is 2.34 bits per heavy atom. The summed E-state index contributed by atoms with van der Waals surface area (Å²) in [6.45, 7) is 3.77. The number of aromatic nitrogens is 1. The van der Waals surface area contributed by atoms with Crippen LogP contribution in [0.4, 0.5) is 5.69 Å². The van der Waals surface area contributed by atoms with Crippen molar-refractivity contribution in [1.82, 2.24) is 4.98 Å². The summed E-state index contributed by atoms with van der Waals surface area (Å²) in [4.78, 5) is 16.8. The van der Waals surface area contributed by atoms with Gasteiger partial charge in [-0.15, -0.1) is 6.58 Å². The topological polar surface area (TPSA) is 60.5 Å². The van der Waals surface area contributed by atoms with Gasteiger partial charge in [0.15, 0.2) is 11.5 Å². The standard InChI is InChI=1S/C24H24N2O3/c1-4-5-19-15-20(16-22(28-2)23(19)29-3)24(27)26-21-8-6-17(7-9-21)14-18-10-12-25-13-11-18/h4,6-13,15-16H,1,5,14H2,2-3H3,(H,26,27). The molecule has 0 radical (unpaired) electrons. The first-order chi connectivity index (χ1) is 14.1. The molecule has 0 aliphatic rings. The normalized spacial score (nSPS) is 10.3. The lowest BCUT2D eigenvalue weighted by molar-refractivity contribution is 0.102. The van der Waals surface area contributed by atoms with Gasteiger partial charge in [0.2, 0.25) is 0 Å². The Kier molecular flexibility index (Phi) is 6.63. The summed E-state index contributed by atoms with van der Waals surface area (Å²) in [6, 6.07) is 15.3. The molecule has 1 N–H and O–H groups in total. The van der Waals surface area contributed by atoms with Crippen molar-refractivity contribution in [3.63, 3.8) is 0 Å². The van der Waals surface area contributed by atoms with Crippen molar-refractivity contribution in [3.05, 3.63) is 95.8 Å². The number of benzene rings is 2. The number of nitrogens with one attached hydrogen (secondary N) is 1. The van der Waals surface area contributed by atoms with Gasteiger partial charge in [-0.1, -0.05) is 18.2 Å². The number of pyridine rings is 1. The maximum atomic E-state index is 12.8. The van der Waals surface area contributed by atoms with E-state index in [4.69, 9.17) is 9.47 Å². The van der Waals surface area contributed by atoms with E-state index in [9.17, 15) is 4.79 Å². The van der Waals surface area contributed by atoms with Gasteiger partial charge >= 0.3 is 0 Å². The van der Waals surface area contributed by atoms with Gasteiger partial charge in [-0.05, 0) is 60.4 Å². The minimum Gasteiger partial charge on any atom is -0.493 e. The third kappa shape index (κ3) is 5.02. The highest BCUT2D eigenvalue weighted by molar-refractivity contribution is 6.04. The van der Waals surface area contributed by atoms with Crippen LogP contribution in [0.5, 0.6) is 11.5 Å². The second-order valence-corrected chi connectivity index (χ2v) is 6.55. The molecule has 5 heteroatoms. The summed E-state index contributed by atoms with van der Waals surface area (Å²) in [5, 5.41) is 2.94. The first-order valence-electron chi connectivity index (χ1n) is 9.29. The summed E-state index contributed by atoms with van der Waals surface area (Å²) >= 11 is 0. The van der Waals surface area contributed by atoms with Crippen molar-refractivity contribution in [1.29, 1.82) is 0 Å². The minimum absolute atomic E-state index is 0.210. The molecule has 0 unspecified atom stereocenters. The molecule has 0 aliphatic heterocycles. The predicted octanol–water partition coefficient (Wildman–Crippen LogP) is 4.67. The number of carbonyl (C=O) groups excluding carboxylic acids is 1. The molecule has 5 nitrogen and oxygen atoms in total. The van der Waals surface area contributed by atoms with E-state index in [0.29, 0.717) is 23.5 Å². The second kappa shape index (κ2) is 9.55. The van der Waals surface area contributed by atoms with Crippen molar-refractivity contribution < 1.29 is 14.3 Å². The van der Waals surface area contributed by atoms with Gasteiger partial charge in [0, 0.05) is 29.2 Å². The molecule has 1 amide bonds. The van der Waals surface area contributed by atoms with Crippen LogP contribution >= 0.6 is 0 Å². The lowest BCUT2D eigenvalue weighted by Crippen LogP contribution is -2.13. The lowest BCUT2D eigenvalue weighted by Gasteiger charge is -2.14. The number of ether oxygens (including phenoxy) is 2. The fourth-order valence-corrected chi connectivity index (χ4v) is 3.13. The SMILES string of the molecule is C=CCc1cc(C(=O)Nc2ccc(Cc3ccncc3)cc2)cc(OC)c1OC. The monoisotopic (exact) mass is 388 g/mol. The van der Waals surface area contributed by atoms with E-state index in [0.717, 1.165) is 23.2 Å². The van der Waals surface area contributed by atoms with Crippen LogP contribution < -0.4 is 14.8 Å². The maximum absolute atomic E-state index is 12.8. The molecular formula is C24H24N2O3. The summed E-state index contributed by atoms with van der Waals surface area (Å²) in [7, 11) is 3.14. The van der Waals surface area contributed by atoms with Crippen LogP contribution in [0.1, 0.15) is 27.0 Å². The summed E-state index contributed by atoms with van der Waals surface area (Å²) < 4.78 is 10.8. The van der Waals surface area contributed by atoms with Crippen LogP contribution in [-0.2, 0) is 12.8 Å². The number of carbonyl (C=O) groups is 1. The maximum Gasteiger partial charge on any atom is 0.255 e. The summed E-state index contributed by atoms with van der Waals surface area (Å²) in [6.07, 6.45) is 6.73. The fraction of sp³-hybridized carbons (Fsp3) is 0.167. The Morgan fingerprint density at radius 1 is 1.03 bits per heavy atom. The molecule has 0 atom stereocenters. The smallest absolute Gasteiger partial charge is 0.255 e. The molecule has 29 heavy (non-hydrogen) atoms. The molecule has 1 heterocycles. The first-order valence-corrected chi connectivity index (χ1v) is 9.29. The van der Waals surface area contributed by atoms with Gasteiger partial charge in [-0.3, -0.25) is 9.78 Å². The number of hydrogen-bond donors (Lipinski definition) is 1. The molecule has 2 aromatic carbocycles. The van der Waals surface area contributed by atoms with Crippen molar-refractivity contribution >= 4 is 11.6 Å². The lowest BCUT2D eigenvalue weighted by atomic mass is 10.0. The Balaban J connectivity index is 1.76. The Hall–Kier alpha value is -3.60. The summed E-state index contributed by atoms with van der Waals surface area (Å²) in [5.74, 6) is 0.923. The third-order valence-electron chi connectivity index (χ3n) is 4.55. The van der Waals surface area contributed by atoms with Crippen molar-refractivity contribution in [2.75, 3.05) is 19.5 Å². The van der Waals surface area contributed by atoms with E-state index in [2.05, 4.69) is 16.9 Å². The van der Waals surface area contributed by atoms with E-state index >= 15 is 0 Å². The van der Waals surface area contributed by atoms with E-state index in [1.807, 2.05) is 36.4 Å². The molecule has 3 rings (SSSR count). The first kappa shape index (κ1) is 20.1. The van der Waals surface area contributed by atoms with Crippen molar-refractivity contribution in [2.24, 2.45) is 0 Å². The van der Waals surface area contributed by atoms with Crippen molar-refractivity contribution in [3.8, 4) is 11.5 Å². The number of hydrogen-bond acceptors (Lipinski definition) is 4. The van der Waals surface area contributed by atoms with E-state index in [-0.39, 0.29) is 5.91 Å². The molecule has 0 saturated carbocycles. The van der Waals surface area contributed by atoms with Gasteiger partial charge in [0.1, 0.15) is 0 Å². The molecule has 0 aliphatic carbocycles. The van der Waals surface area contributed by atoms with Crippen LogP contribution in [0.15, 0.2) is 73.6 Å². The molecule has 0 saturated heterocycles. The zero-order valence-corrected chi connectivity index (χ0v) is 16.6. The highest BCUT2D eigenvalue weighted by atomic mass is 16.5. The number of methoxy groups -OCH3 is 2. The van der Waals surface area contributed by atoms with Gasteiger partial charge in [0.05, 0.1) is 14.2 Å². The second-order valence-electron chi connectivity index (χ2n) is 6.55. The Bertz CT molecular complexity index is 983. The molecule has 148 valence electrons. The third-order valence-corrected chi connectivity index (χ3v) is 4.55. The zero-order valence-electron chi connectivity index (χ0n) is 16.6. The Morgan fingerprint density at radius 2 is 1.72 bits per heavy atom. The Labute approximate surface area is 171 Å². The van der Waals surface area contributed by atoms with Gasteiger partial charge < -0.3 is 14.8 Å². The van der Waals surface area contributed by atoms with E-state index in [1.54, 1.807) is 44.8 Å². The summed E-state index contributed by atoms with van der Waals surface area (Å²) in [5.41, 5.74) is 4.43. The van der Waals surface area contributed by atoms with Crippen LogP contribution in [-0.4, -0.2) is 25.1 Å². The number of allylic oxidation sites excluding steroid dienone is 1.